The third kappa shape index (κ3) is 3.11. The van der Waals surface area contributed by atoms with E-state index in [1.807, 2.05) is 12.1 Å². The van der Waals surface area contributed by atoms with Gasteiger partial charge in [-0.25, -0.2) is 0 Å². The molecule has 0 unspecified atom stereocenters. The Morgan fingerprint density at radius 1 is 0.955 bits per heavy atom. The first-order valence-electron chi connectivity index (χ1n) is 7.53. The van der Waals surface area contributed by atoms with Gasteiger partial charge in [-0.3, -0.25) is 4.79 Å². The Morgan fingerprint density at radius 3 is 1.95 bits per heavy atom. The van der Waals surface area contributed by atoms with Crippen LogP contribution in [0.25, 0.3) is 11.1 Å². The SMILES string of the molecule is NC(=O)C1(Nc2ccc(-c3ccc(I)cc3)cc2)CCCC1. The molecule has 0 saturated heterocycles. The van der Waals surface area contributed by atoms with Crippen LogP contribution in [0.2, 0.25) is 0 Å². The van der Waals surface area contributed by atoms with Crippen molar-refractivity contribution >= 4 is 34.2 Å². The number of nitrogens with two attached hydrogens (primary N) is 1. The van der Waals surface area contributed by atoms with Crippen LogP contribution in [0.4, 0.5) is 5.69 Å². The molecule has 3 N–H and O–H groups in total. The maximum atomic E-state index is 11.8. The number of carbonyl (C=O) groups is 1. The Balaban J connectivity index is 1.79. The smallest absolute Gasteiger partial charge is 0.243 e. The highest BCUT2D eigenvalue weighted by atomic mass is 127. The standard InChI is InChI=1S/C18H19IN2O/c19-15-7-3-13(4-8-15)14-5-9-16(10-6-14)21-18(17(20)22)11-1-2-12-18/h3-10,21H,1-2,11-12H2,(H2,20,22). The van der Waals surface area contributed by atoms with Gasteiger partial charge in [0.15, 0.2) is 0 Å². The van der Waals surface area contributed by atoms with E-state index >= 15 is 0 Å². The zero-order valence-corrected chi connectivity index (χ0v) is 14.5. The van der Waals surface area contributed by atoms with Crippen LogP contribution in [0.15, 0.2) is 48.5 Å². The van der Waals surface area contributed by atoms with E-state index in [1.54, 1.807) is 0 Å². The van der Waals surface area contributed by atoms with Crippen molar-refractivity contribution < 1.29 is 4.79 Å². The van der Waals surface area contributed by atoms with Crippen LogP contribution in [0.1, 0.15) is 25.7 Å². The lowest BCUT2D eigenvalue weighted by molar-refractivity contribution is -0.122. The second kappa shape index (κ2) is 6.28. The summed E-state index contributed by atoms with van der Waals surface area (Å²) in [5, 5.41) is 3.37. The number of nitrogens with one attached hydrogen (secondary N) is 1. The van der Waals surface area contributed by atoms with Gasteiger partial charge in [-0.1, -0.05) is 37.1 Å². The fraction of sp³-hybridized carbons (Fsp3) is 0.278. The Bertz CT molecular complexity index is 658. The zero-order valence-electron chi connectivity index (χ0n) is 12.3. The number of benzene rings is 2. The number of hydrogen-bond donors (Lipinski definition) is 2. The summed E-state index contributed by atoms with van der Waals surface area (Å²) in [5.74, 6) is -0.244. The van der Waals surface area contributed by atoms with Gasteiger partial charge in [0.05, 0.1) is 0 Å². The summed E-state index contributed by atoms with van der Waals surface area (Å²) in [6.45, 7) is 0. The Labute approximate surface area is 144 Å². The normalized spacial score (nSPS) is 16.4. The molecule has 0 spiro atoms. The molecule has 1 aliphatic rings. The molecule has 114 valence electrons. The van der Waals surface area contributed by atoms with E-state index in [-0.39, 0.29) is 5.91 Å². The fourth-order valence-corrected chi connectivity index (χ4v) is 3.44. The van der Waals surface area contributed by atoms with Gasteiger partial charge in [0.2, 0.25) is 5.91 Å². The summed E-state index contributed by atoms with van der Waals surface area (Å²) < 4.78 is 1.23. The molecule has 1 saturated carbocycles. The maximum absolute atomic E-state index is 11.8. The number of carbonyl (C=O) groups excluding carboxylic acids is 1. The molecule has 3 nitrogen and oxygen atoms in total. The Kier molecular flexibility index (Phi) is 4.38. The zero-order chi connectivity index (χ0) is 15.6. The third-order valence-corrected chi connectivity index (χ3v) is 5.09. The largest absolute Gasteiger partial charge is 0.371 e. The fourth-order valence-electron chi connectivity index (χ4n) is 3.08. The first-order valence-corrected chi connectivity index (χ1v) is 8.61. The average molecular weight is 406 g/mol. The van der Waals surface area contributed by atoms with Crippen molar-refractivity contribution in [2.24, 2.45) is 5.73 Å². The second-order valence-electron chi connectivity index (χ2n) is 5.86. The molecule has 0 radical (unpaired) electrons. The molecule has 0 heterocycles. The van der Waals surface area contributed by atoms with Crippen LogP contribution in [0.5, 0.6) is 0 Å². The van der Waals surface area contributed by atoms with E-state index in [4.69, 9.17) is 5.73 Å². The van der Waals surface area contributed by atoms with Crippen LogP contribution >= 0.6 is 22.6 Å². The van der Waals surface area contributed by atoms with E-state index in [1.165, 1.54) is 14.7 Å². The minimum atomic E-state index is -0.565. The van der Waals surface area contributed by atoms with Crippen molar-refractivity contribution in [1.82, 2.24) is 0 Å². The van der Waals surface area contributed by atoms with E-state index in [2.05, 4.69) is 64.3 Å². The van der Waals surface area contributed by atoms with Gasteiger partial charge in [0.25, 0.3) is 0 Å². The third-order valence-electron chi connectivity index (χ3n) is 4.37. The summed E-state index contributed by atoms with van der Waals surface area (Å²) in [4.78, 5) is 11.8. The van der Waals surface area contributed by atoms with Gasteiger partial charge in [-0.15, -0.1) is 0 Å². The molecule has 0 aliphatic heterocycles. The molecule has 2 aromatic carbocycles. The van der Waals surface area contributed by atoms with Crippen LogP contribution in [0.3, 0.4) is 0 Å². The molecule has 0 atom stereocenters. The number of amides is 1. The van der Waals surface area contributed by atoms with Gasteiger partial charge >= 0.3 is 0 Å². The van der Waals surface area contributed by atoms with Gasteiger partial charge < -0.3 is 11.1 Å². The Morgan fingerprint density at radius 2 is 1.45 bits per heavy atom. The van der Waals surface area contributed by atoms with Crippen molar-refractivity contribution in [3.05, 3.63) is 52.1 Å². The van der Waals surface area contributed by atoms with Gasteiger partial charge in [0, 0.05) is 9.26 Å². The van der Waals surface area contributed by atoms with Crippen molar-refractivity contribution in [3.63, 3.8) is 0 Å². The minimum absolute atomic E-state index is 0.244. The molecule has 4 heteroatoms. The minimum Gasteiger partial charge on any atom is -0.371 e. The molecule has 1 fully saturated rings. The van der Waals surface area contributed by atoms with E-state index in [9.17, 15) is 4.79 Å². The highest BCUT2D eigenvalue weighted by Gasteiger charge is 2.39. The molecular formula is C18H19IN2O. The highest BCUT2D eigenvalue weighted by Crippen LogP contribution is 2.33. The van der Waals surface area contributed by atoms with E-state index < -0.39 is 5.54 Å². The van der Waals surface area contributed by atoms with Crippen LogP contribution < -0.4 is 11.1 Å². The summed E-state index contributed by atoms with van der Waals surface area (Å²) in [5.41, 5.74) is 8.36. The maximum Gasteiger partial charge on any atom is 0.243 e. The van der Waals surface area contributed by atoms with Crippen LogP contribution in [-0.4, -0.2) is 11.4 Å². The molecule has 22 heavy (non-hydrogen) atoms. The topological polar surface area (TPSA) is 55.1 Å². The van der Waals surface area contributed by atoms with Crippen LogP contribution in [0, 0.1) is 3.57 Å². The quantitative estimate of drug-likeness (QED) is 0.749. The van der Waals surface area contributed by atoms with Gasteiger partial charge in [0.1, 0.15) is 5.54 Å². The second-order valence-corrected chi connectivity index (χ2v) is 7.11. The van der Waals surface area contributed by atoms with Crippen molar-refractivity contribution in [1.29, 1.82) is 0 Å². The lowest BCUT2D eigenvalue weighted by Crippen LogP contribution is -2.48. The van der Waals surface area contributed by atoms with Crippen molar-refractivity contribution in [3.8, 4) is 11.1 Å². The summed E-state index contributed by atoms with van der Waals surface area (Å²) in [6.07, 6.45) is 3.75. The predicted molar refractivity (Wildman–Crippen MR) is 98.6 cm³/mol. The van der Waals surface area contributed by atoms with Crippen molar-refractivity contribution in [2.45, 2.75) is 31.2 Å². The van der Waals surface area contributed by atoms with Gasteiger partial charge in [-0.05, 0) is 70.8 Å². The lowest BCUT2D eigenvalue weighted by atomic mass is 9.96. The molecule has 0 aromatic heterocycles. The highest BCUT2D eigenvalue weighted by molar-refractivity contribution is 14.1. The lowest BCUT2D eigenvalue weighted by Gasteiger charge is -2.28. The van der Waals surface area contributed by atoms with Gasteiger partial charge in [-0.2, -0.15) is 0 Å². The average Bonchev–Trinajstić information content (AvgIpc) is 2.99. The summed E-state index contributed by atoms with van der Waals surface area (Å²) >= 11 is 2.30. The first kappa shape index (κ1) is 15.3. The van der Waals surface area contributed by atoms with E-state index in [0.29, 0.717) is 0 Å². The summed E-state index contributed by atoms with van der Waals surface area (Å²) in [6, 6.07) is 16.6. The predicted octanol–water partition coefficient (Wildman–Crippen LogP) is 4.17. The van der Waals surface area contributed by atoms with Crippen molar-refractivity contribution in [2.75, 3.05) is 5.32 Å². The summed E-state index contributed by atoms with van der Waals surface area (Å²) in [7, 11) is 0. The first-order chi connectivity index (χ1) is 10.6. The monoisotopic (exact) mass is 406 g/mol. The molecule has 3 rings (SSSR count). The molecule has 1 amide bonds. The number of hydrogen-bond acceptors (Lipinski definition) is 2. The van der Waals surface area contributed by atoms with E-state index in [0.717, 1.165) is 31.4 Å². The molecule has 1 aliphatic carbocycles. The number of halogens is 1. The molecule has 2 aromatic rings. The van der Waals surface area contributed by atoms with Crippen LogP contribution in [-0.2, 0) is 4.79 Å². The molecular weight excluding hydrogens is 387 g/mol. The number of primary amides is 1. The molecule has 0 bridgehead atoms. The Hall–Kier alpha value is -1.56. The number of anilines is 1. The number of rotatable bonds is 4.